The second-order valence-electron chi connectivity index (χ2n) is 1.98. The maximum absolute atomic E-state index is 5.85. The standard InChI is InChI=1S/C6H10ClN3/c1-2-10-6(7)5(3-8)4-9-10/h4H,2-3,8H2,1H3. The zero-order valence-corrected chi connectivity index (χ0v) is 6.60. The van der Waals surface area contributed by atoms with E-state index in [1.165, 1.54) is 0 Å². The second-order valence-corrected chi connectivity index (χ2v) is 2.34. The molecule has 0 saturated heterocycles. The van der Waals surface area contributed by atoms with E-state index in [0.29, 0.717) is 11.7 Å². The number of nitrogens with two attached hydrogens (primary N) is 1. The Kier molecular flexibility index (Phi) is 2.29. The van der Waals surface area contributed by atoms with Crippen LogP contribution in [-0.4, -0.2) is 9.78 Å². The van der Waals surface area contributed by atoms with Gasteiger partial charge in [0.15, 0.2) is 0 Å². The van der Waals surface area contributed by atoms with E-state index in [0.717, 1.165) is 12.1 Å². The number of nitrogens with zero attached hydrogens (tertiary/aromatic N) is 2. The summed E-state index contributed by atoms with van der Waals surface area (Å²) in [6.07, 6.45) is 1.70. The molecule has 0 fully saturated rings. The second kappa shape index (κ2) is 3.03. The maximum Gasteiger partial charge on any atom is 0.131 e. The first kappa shape index (κ1) is 7.57. The van der Waals surface area contributed by atoms with Crippen LogP contribution >= 0.6 is 11.6 Å². The molecule has 0 atom stereocenters. The average Bonchev–Trinajstić information content (AvgIpc) is 2.30. The zero-order chi connectivity index (χ0) is 7.56. The summed E-state index contributed by atoms with van der Waals surface area (Å²) in [5, 5.41) is 4.67. The van der Waals surface area contributed by atoms with Gasteiger partial charge in [0, 0.05) is 18.7 Å². The molecule has 0 bridgehead atoms. The first-order chi connectivity index (χ1) is 4.79. The summed E-state index contributed by atoms with van der Waals surface area (Å²) in [6.45, 7) is 3.23. The van der Waals surface area contributed by atoms with E-state index in [4.69, 9.17) is 17.3 Å². The van der Waals surface area contributed by atoms with E-state index in [1.807, 2.05) is 6.92 Å². The topological polar surface area (TPSA) is 43.8 Å². The van der Waals surface area contributed by atoms with Crippen molar-refractivity contribution in [1.29, 1.82) is 0 Å². The summed E-state index contributed by atoms with van der Waals surface area (Å²) in [7, 11) is 0. The number of halogens is 1. The van der Waals surface area contributed by atoms with Crippen molar-refractivity contribution in [3.63, 3.8) is 0 Å². The van der Waals surface area contributed by atoms with Crippen LogP contribution in [0.3, 0.4) is 0 Å². The van der Waals surface area contributed by atoms with Gasteiger partial charge in [-0.15, -0.1) is 0 Å². The van der Waals surface area contributed by atoms with Crippen LogP contribution < -0.4 is 5.73 Å². The Labute approximate surface area is 64.8 Å². The van der Waals surface area contributed by atoms with Gasteiger partial charge in [-0.25, -0.2) is 0 Å². The lowest BCUT2D eigenvalue weighted by Crippen LogP contribution is -1.98. The van der Waals surface area contributed by atoms with Gasteiger partial charge in [-0.2, -0.15) is 5.10 Å². The molecule has 1 heterocycles. The first-order valence-corrected chi connectivity index (χ1v) is 3.57. The fourth-order valence-electron chi connectivity index (χ4n) is 0.766. The quantitative estimate of drug-likeness (QED) is 0.700. The van der Waals surface area contributed by atoms with Crippen molar-refractivity contribution in [3.8, 4) is 0 Å². The van der Waals surface area contributed by atoms with Crippen molar-refractivity contribution >= 4 is 11.6 Å². The third-order valence-corrected chi connectivity index (χ3v) is 1.80. The van der Waals surface area contributed by atoms with E-state index in [1.54, 1.807) is 10.9 Å². The Morgan fingerprint density at radius 3 is 2.80 bits per heavy atom. The molecule has 0 unspecified atom stereocenters. The molecular weight excluding hydrogens is 150 g/mol. The Morgan fingerprint density at radius 2 is 2.50 bits per heavy atom. The molecule has 1 rings (SSSR count). The summed E-state index contributed by atoms with van der Waals surface area (Å²) < 4.78 is 1.71. The molecule has 0 amide bonds. The molecule has 0 aliphatic carbocycles. The first-order valence-electron chi connectivity index (χ1n) is 3.19. The highest BCUT2D eigenvalue weighted by atomic mass is 35.5. The van der Waals surface area contributed by atoms with Crippen LogP contribution in [0.1, 0.15) is 12.5 Å². The van der Waals surface area contributed by atoms with Gasteiger partial charge in [0.1, 0.15) is 5.15 Å². The normalized spacial score (nSPS) is 10.3. The summed E-state index contributed by atoms with van der Waals surface area (Å²) >= 11 is 5.85. The molecular formula is C6H10ClN3. The minimum Gasteiger partial charge on any atom is -0.326 e. The van der Waals surface area contributed by atoms with Gasteiger partial charge < -0.3 is 5.73 Å². The Balaban J connectivity index is 2.97. The fraction of sp³-hybridized carbons (Fsp3) is 0.500. The largest absolute Gasteiger partial charge is 0.326 e. The predicted octanol–water partition coefficient (Wildman–Crippen LogP) is 1.02. The van der Waals surface area contributed by atoms with Gasteiger partial charge in [0.25, 0.3) is 0 Å². The fourth-order valence-corrected chi connectivity index (χ4v) is 1.06. The molecule has 3 nitrogen and oxygen atoms in total. The molecule has 10 heavy (non-hydrogen) atoms. The number of hydrogen-bond acceptors (Lipinski definition) is 2. The van der Waals surface area contributed by atoms with E-state index >= 15 is 0 Å². The number of aryl methyl sites for hydroxylation is 1. The molecule has 0 spiro atoms. The van der Waals surface area contributed by atoms with Crippen molar-refractivity contribution in [1.82, 2.24) is 9.78 Å². The molecule has 0 aromatic carbocycles. The Morgan fingerprint density at radius 1 is 1.80 bits per heavy atom. The summed E-state index contributed by atoms with van der Waals surface area (Å²) in [5.41, 5.74) is 6.29. The lowest BCUT2D eigenvalue weighted by Gasteiger charge is -1.96. The molecule has 1 aromatic rings. The highest BCUT2D eigenvalue weighted by Crippen LogP contribution is 2.13. The zero-order valence-electron chi connectivity index (χ0n) is 5.84. The summed E-state index contributed by atoms with van der Waals surface area (Å²) in [5.74, 6) is 0. The monoisotopic (exact) mass is 159 g/mol. The predicted molar refractivity (Wildman–Crippen MR) is 40.8 cm³/mol. The van der Waals surface area contributed by atoms with Gasteiger partial charge in [0.2, 0.25) is 0 Å². The molecule has 0 aliphatic heterocycles. The third-order valence-electron chi connectivity index (χ3n) is 1.36. The Hall–Kier alpha value is -0.540. The van der Waals surface area contributed by atoms with Crippen molar-refractivity contribution in [2.45, 2.75) is 20.0 Å². The van der Waals surface area contributed by atoms with Crippen LogP contribution in [0.5, 0.6) is 0 Å². The SMILES string of the molecule is CCn1ncc(CN)c1Cl. The van der Waals surface area contributed by atoms with Crippen LogP contribution in [0.15, 0.2) is 6.20 Å². The molecule has 4 heteroatoms. The average molecular weight is 160 g/mol. The van der Waals surface area contributed by atoms with Gasteiger partial charge in [0.05, 0.1) is 6.20 Å². The molecule has 1 aromatic heterocycles. The number of aromatic nitrogens is 2. The van der Waals surface area contributed by atoms with Crippen LogP contribution in [-0.2, 0) is 13.1 Å². The molecule has 0 saturated carbocycles. The smallest absolute Gasteiger partial charge is 0.131 e. The Bertz CT molecular complexity index is 197. The third kappa shape index (κ3) is 1.15. The van der Waals surface area contributed by atoms with Gasteiger partial charge in [-0.1, -0.05) is 11.6 Å². The minimum absolute atomic E-state index is 0.457. The number of rotatable bonds is 2. The van der Waals surface area contributed by atoms with Crippen LogP contribution in [0.4, 0.5) is 0 Å². The van der Waals surface area contributed by atoms with Gasteiger partial charge in [-0.05, 0) is 6.92 Å². The highest BCUT2D eigenvalue weighted by Gasteiger charge is 2.03. The summed E-state index contributed by atoms with van der Waals surface area (Å²) in [6, 6.07) is 0. The van der Waals surface area contributed by atoms with Crippen molar-refractivity contribution in [2.75, 3.05) is 0 Å². The molecule has 2 N–H and O–H groups in total. The number of hydrogen-bond donors (Lipinski definition) is 1. The van der Waals surface area contributed by atoms with E-state index in [9.17, 15) is 0 Å². The van der Waals surface area contributed by atoms with E-state index in [2.05, 4.69) is 5.10 Å². The van der Waals surface area contributed by atoms with Crippen molar-refractivity contribution in [2.24, 2.45) is 5.73 Å². The van der Waals surface area contributed by atoms with Crippen LogP contribution in [0.2, 0.25) is 5.15 Å². The molecule has 0 radical (unpaired) electrons. The lowest BCUT2D eigenvalue weighted by atomic mass is 10.4. The minimum atomic E-state index is 0.457. The van der Waals surface area contributed by atoms with Crippen LogP contribution in [0.25, 0.3) is 0 Å². The summed E-state index contributed by atoms with van der Waals surface area (Å²) in [4.78, 5) is 0. The van der Waals surface area contributed by atoms with Crippen LogP contribution in [0, 0.1) is 0 Å². The van der Waals surface area contributed by atoms with E-state index < -0.39 is 0 Å². The highest BCUT2D eigenvalue weighted by molar-refractivity contribution is 6.30. The lowest BCUT2D eigenvalue weighted by molar-refractivity contribution is 0.660. The van der Waals surface area contributed by atoms with Gasteiger partial charge in [-0.3, -0.25) is 4.68 Å². The molecule has 0 aliphatic rings. The van der Waals surface area contributed by atoms with E-state index in [-0.39, 0.29) is 0 Å². The molecule has 56 valence electrons. The van der Waals surface area contributed by atoms with Crippen molar-refractivity contribution < 1.29 is 0 Å². The van der Waals surface area contributed by atoms with Crippen molar-refractivity contribution in [3.05, 3.63) is 16.9 Å². The van der Waals surface area contributed by atoms with Gasteiger partial charge >= 0.3 is 0 Å². The maximum atomic E-state index is 5.85.